The van der Waals surface area contributed by atoms with E-state index in [0.717, 1.165) is 22.3 Å². The van der Waals surface area contributed by atoms with E-state index in [9.17, 15) is 4.79 Å². The number of aromatic amines is 1. The molecule has 0 unspecified atom stereocenters. The van der Waals surface area contributed by atoms with E-state index in [1.807, 2.05) is 84.9 Å². The number of ether oxygens (including phenoxy) is 1. The molecule has 5 rings (SSSR count). The van der Waals surface area contributed by atoms with Gasteiger partial charge < -0.3 is 10.1 Å². The van der Waals surface area contributed by atoms with Crippen LogP contribution in [0.3, 0.4) is 0 Å². The van der Waals surface area contributed by atoms with Crippen LogP contribution in [0.4, 0.5) is 5.69 Å². The first-order chi connectivity index (χ1) is 16.2. The molecule has 0 saturated carbocycles. The van der Waals surface area contributed by atoms with E-state index in [-0.39, 0.29) is 5.91 Å². The third-order valence-electron chi connectivity index (χ3n) is 5.03. The zero-order chi connectivity index (χ0) is 22.5. The number of pyridine rings is 1. The Morgan fingerprint density at radius 1 is 0.848 bits per heavy atom. The van der Waals surface area contributed by atoms with Crippen LogP contribution in [0.5, 0.6) is 11.5 Å². The molecule has 6 heteroatoms. The summed E-state index contributed by atoms with van der Waals surface area (Å²) in [5.41, 5.74) is 3.81. The fourth-order valence-corrected chi connectivity index (χ4v) is 3.42. The molecule has 2 heterocycles. The highest BCUT2D eigenvalue weighted by atomic mass is 16.5. The number of carbonyl (C=O) groups excluding carboxylic acids is 1. The quantitative estimate of drug-likeness (QED) is 0.336. The van der Waals surface area contributed by atoms with Crippen molar-refractivity contribution in [3.05, 3.63) is 114 Å². The number of benzene rings is 3. The first-order valence-corrected chi connectivity index (χ1v) is 10.5. The van der Waals surface area contributed by atoms with Gasteiger partial charge >= 0.3 is 0 Å². The number of hydrogen-bond acceptors (Lipinski definition) is 4. The number of amides is 1. The fraction of sp³-hybridized carbons (Fsp3) is 0. The summed E-state index contributed by atoms with van der Waals surface area (Å²) in [5.74, 6) is 1.12. The van der Waals surface area contributed by atoms with Crippen LogP contribution in [-0.2, 0) is 0 Å². The minimum absolute atomic E-state index is 0.169. The maximum Gasteiger partial charge on any atom is 0.255 e. The minimum Gasteiger partial charge on any atom is -0.457 e. The molecular formula is C27H20N4O2. The molecule has 2 N–H and O–H groups in total. The zero-order valence-corrected chi connectivity index (χ0v) is 17.6. The van der Waals surface area contributed by atoms with Crippen LogP contribution >= 0.6 is 0 Å². The maximum atomic E-state index is 12.4. The maximum absolute atomic E-state index is 12.4. The standard InChI is InChI=1S/C27H20N4O2/c32-27(19-7-2-1-3-8-19)29-21-10-6-11-22(17-21)33-23-13-14-24-25(30-31-26(24)18-23)15-12-20-9-4-5-16-28-20/h1-18H,(H,29,32)(H,30,31)/b15-12+. The van der Waals surface area contributed by atoms with Crippen molar-refractivity contribution in [1.29, 1.82) is 0 Å². The van der Waals surface area contributed by atoms with E-state index in [4.69, 9.17) is 4.74 Å². The molecule has 0 aliphatic rings. The monoisotopic (exact) mass is 432 g/mol. The van der Waals surface area contributed by atoms with Gasteiger partial charge in [0.05, 0.1) is 16.9 Å². The van der Waals surface area contributed by atoms with Crippen LogP contribution in [0.25, 0.3) is 23.1 Å². The average molecular weight is 432 g/mol. The number of fused-ring (bicyclic) bond motifs is 1. The summed E-state index contributed by atoms with van der Waals surface area (Å²) in [6.07, 6.45) is 5.61. The van der Waals surface area contributed by atoms with E-state index in [1.165, 1.54) is 0 Å². The molecule has 0 aliphatic carbocycles. The van der Waals surface area contributed by atoms with E-state index in [2.05, 4.69) is 20.5 Å². The van der Waals surface area contributed by atoms with Crippen LogP contribution in [0, 0.1) is 0 Å². The van der Waals surface area contributed by atoms with Gasteiger partial charge in [0.25, 0.3) is 5.91 Å². The van der Waals surface area contributed by atoms with Crippen molar-refractivity contribution in [3.8, 4) is 11.5 Å². The Labute approximate surface area is 190 Å². The molecule has 0 saturated heterocycles. The van der Waals surface area contributed by atoms with Crippen LogP contribution in [0.15, 0.2) is 97.2 Å². The van der Waals surface area contributed by atoms with Crippen LogP contribution in [-0.4, -0.2) is 21.1 Å². The molecule has 33 heavy (non-hydrogen) atoms. The molecule has 0 aliphatic heterocycles. The number of aromatic nitrogens is 3. The van der Waals surface area contributed by atoms with Crippen molar-refractivity contribution in [2.45, 2.75) is 0 Å². The van der Waals surface area contributed by atoms with Crippen molar-refractivity contribution in [1.82, 2.24) is 15.2 Å². The zero-order valence-electron chi connectivity index (χ0n) is 17.6. The second kappa shape index (κ2) is 9.20. The summed E-state index contributed by atoms with van der Waals surface area (Å²) < 4.78 is 6.03. The molecule has 5 aromatic rings. The second-order valence-corrected chi connectivity index (χ2v) is 7.35. The molecule has 6 nitrogen and oxygen atoms in total. The predicted molar refractivity (Wildman–Crippen MR) is 130 cm³/mol. The summed E-state index contributed by atoms with van der Waals surface area (Å²) in [5, 5.41) is 11.3. The van der Waals surface area contributed by atoms with Gasteiger partial charge in [-0.15, -0.1) is 0 Å². The minimum atomic E-state index is -0.169. The molecule has 0 bridgehead atoms. The topological polar surface area (TPSA) is 79.9 Å². The van der Waals surface area contributed by atoms with Crippen LogP contribution in [0.1, 0.15) is 21.7 Å². The van der Waals surface area contributed by atoms with Gasteiger partial charge in [0.15, 0.2) is 0 Å². The number of H-pyrrole nitrogens is 1. The van der Waals surface area contributed by atoms with E-state index >= 15 is 0 Å². The Hall–Kier alpha value is -4.71. The molecule has 2 aromatic heterocycles. The first-order valence-electron chi connectivity index (χ1n) is 10.5. The smallest absolute Gasteiger partial charge is 0.255 e. The lowest BCUT2D eigenvalue weighted by Crippen LogP contribution is -2.11. The summed E-state index contributed by atoms with van der Waals surface area (Å²) in [6, 6.07) is 27.9. The second-order valence-electron chi connectivity index (χ2n) is 7.35. The van der Waals surface area contributed by atoms with Gasteiger partial charge in [0, 0.05) is 35.0 Å². The Bertz CT molecular complexity index is 1430. The van der Waals surface area contributed by atoms with Crippen molar-refractivity contribution in [2.24, 2.45) is 0 Å². The molecular weight excluding hydrogens is 412 g/mol. The van der Waals surface area contributed by atoms with Crippen molar-refractivity contribution < 1.29 is 9.53 Å². The molecule has 3 aromatic carbocycles. The molecule has 0 fully saturated rings. The van der Waals surface area contributed by atoms with Crippen LogP contribution < -0.4 is 10.1 Å². The van der Waals surface area contributed by atoms with Crippen molar-refractivity contribution in [3.63, 3.8) is 0 Å². The van der Waals surface area contributed by atoms with Gasteiger partial charge in [-0.3, -0.25) is 14.9 Å². The number of carbonyl (C=O) groups is 1. The summed E-state index contributed by atoms with van der Waals surface area (Å²) in [4.78, 5) is 16.7. The van der Waals surface area contributed by atoms with Gasteiger partial charge in [-0.25, -0.2) is 0 Å². The largest absolute Gasteiger partial charge is 0.457 e. The highest BCUT2D eigenvalue weighted by Crippen LogP contribution is 2.28. The average Bonchev–Trinajstić information content (AvgIpc) is 3.26. The Morgan fingerprint density at radius 2 is 1.70 bits per heavy atom. The first kappa shape index (κ1) is 20.2. The normalized spacial score (nSPS) is 11.0. The molecule has 1 amide bonds. The Morgan fingerprint density at radius 3 is 2.55 bits per heavy atom. The SMILES string of the molecule is O=C(Nc1cccc(Oc2ccc3c(/C=C/c4ccccn4)n[nH]c3c2)c1)c1ccccc1. The lowest BCUT2D eigenvalue weighted by atomic mass is 10.2. The third-order valence-corrected chi connectivity index (χ3v) is 5.03. The van der Waals surface area contributed by atoms with Crippen molar-refractivity contribution in [2.75, 3.05) is 5.32 Å². The molecule has 0 atom stereocenters. The summed E-state index contributed by atoms with van der Waals surface area (Å²) in [6.45, 7) is 0. The summed E-state index contributed by atoms with van der Waals surface area (Å²) >= 11 is 0. The molecule has 0 radical (unpaired) electrons. The lowest BCUT2D eigenvalue weighted by molar-refractivity contribution is 0.102. The lowest BCUT2D eigenvalue weighted by Gasteiger charge is -2.09. The van der Waals surface area contributed by atoms with E-state index < -0.39 is 0 Å². The fourth-order valence-electron chi connectivity index (χ4n) is 3.42. The van der Waals surface area contributed by atoms with Gasteiger partial charge in [-0.1, -0.05) is 30.3 Å². The van der Waals surface area contributed by atoms with E-state index in [1.54, 1.807) is 24.4 Å². The van der Waals surface area contributed by atoms with Gasteiger partial charge in [0.2, 0.25) is 0 Å². The highest BCUT2D eigenvalue weighted by molar-refractivity contribution is 6.04. The number of hydrogen-bond donors (Lipinski definition) is 2. The van der Waals surface area contributed by atoms with Crippen molar-refractivity contribution >= 4 is 34.6 Å². The Kier molecular flexibility index (Phi) is 5.63. The van der Waals surface area contributed by atoms with E-state index in [0.29, 0.717) is 22.7 Å². The van der Waals surface area contributed by atoms with Gasteiger partial charge in [-0.05, 0) is 60.7 Å². The Balaban J connectivity index is 1.31. The highest BCUT2D eigenvalue weighted by Gasteiger charge is 2.08. The molecule has 0 spiro atoms. The number of rotatable bonds is 6. The molecule has 160 valence electrons. The number of nitrogens with zero attached hydrogens (tertiary/aromatic N) is 2. The predicted octanol–water partition coefficient (Wildman–Crippen LogP) is 6.17. The van der Waals surface area contributed by atoms with Gasteiger partial charge in [-0.2, -0.15) is 5.10 Å². The van der Waals surface area contributed by atoms with Crippen LogP contribution in [0.2, 0.25) is 0 Å². The number of nitrogens with one attached hydrogen (secondary N) is 2. The number of anilines is 1. The summed E-state index contributed by atoms with van der Waals surface area (Å²) in [7, 11) is 0. The van der Waals surface area contributed by atoms with Gasteiger partial charge in [0.1, 0.15) is 11.5 Å². The third kappa shape index (κ3) is 4.80.